The van der Waals surface area contributed by atoms with Crippen molar-refractivity contribution < 1.29 is 9.90 Å². The summed E-state index contributed by atoms with van der Waals surface area (Å²) < 4.78 is 0.723. The minimum absolute atomic E-state index is 0.0483. The molecule has 18 heavy (non-hydrogen) atoms. The second kappa shape index (κ2) is 6.04. The van der Waals surface area contributed by atoms with E-state index in [0.29, 0.717) is 17.0 Å². The van der Waals surface area contributed by atoms with Crippen LogP contribution in [0.2, 0.25) is 5.02 Å². The van der Waals surface area contributed by atoms with Gasteiger partial charge in [-0.1, -0.05) is 11.6 Å². The lowest BCUT2D eigenvalue weighted by Crippen LogP contribution is -2.39. The topological polar surface area (TPSA) is 49.3 Å². The molecule has 0 heterocycles. The number of amides is 1. The van der Waals surface area contributed by atoms with Gasteiger partial charge in [0.15, 0.2) is 0 Å². The summed E-state index contributed by atoms with van der Waals surface area (Å²) in [7, 11) is 0. The van der Waals surface area contributed by atoms with Gasteiger partial charge in [0.05, 0.1) is 11.7 Å². The van der Waals surface area contributed by atoms with E-state index in [1.807, 2.05) is 0 Å². The van der Waals surface area contributed by atoms with Crippen LogP contribution < -0.4 is 5.32 Å². The van der Waals surface area contributed by atoms with Crippen LogP contribution in [0.25, 0.3) is 0 Å². The molecule has 0 radical (unpaired) electrons. The molecule has 0 spiro atoms. The Morgan fingerprint density at radius 3 is 2.94 bits per heavy atom. The van der Waals surface area contributed by atoms with Crippen molar-refractivity contribution in [1.29, 1.82) is 0 Å². The fourth-order valence-electron chi connectivity index (χ4n) is 2.23. The van der Waals surface area contributed by atoms with Crippen LogP contribution in [0.5, 0.6) is 0 Å². The summed E-state index contributed by atoms with van der Waals surface area (Å²) in [4.78, 5) is 12.1. The summed E-state index contributed by atoms with van der Waals surface area (Å²) >= 11 is 9.22. The van der Waals surface area contributed by atoms with E-state index >= 15 is 0 Å². The zero-order chi connectivity index (χ0) is 13.1. The minimum atomic E-state index is -0.299. The van der Waals surface area contributed by atoms with Crippen LogP contribution in [0.4, 0.5) is 0 Å². The molecule has 0 saturated heterocycles. The van der Waals surface area contributed by atoms with E-state index in [-0.39, 0.29) is 18.1 Å². The molecule has 5 heteroatoms. The highest BCUT2D eigenvalue weighted by Gasteiger charge is 2.22. The summed E-state index contributed by atoms with van der Waals surface area (Å²) in [5, 5.41) is 13.1. The molecule has 0 aromatic heterocycles. The number of carbonyl (C=O) groups is 1. The number of nitrogens with one attached hydrogen (secondary N) is 1. The molecule has 1 aliphatic rings. The summed E-state index contributed by atoms with van der Waals surface area (Å²) in [6.07, 6.45) is 3.02. The van der Waals surface area contributed by atoms with Gasteiger partial charge in [0.1, 0.15) is 0 Å². The number of benzene rings is 1. The van der Waals surface area contributed by atoms with Gasteiger partial charge in [-0.05, 0) is 59.8 Å². The zero-order valence-corrected chi connectivity index (χ0v) is 12.2. The Kier molecular flexibility index (Phi) is 4.65. The fraction of sp³-hybridized carbons (Fsp3) is 0.462. The van der Waals surface area contributed by atoms with Crippen molar-refractivity contribution in [3.8, 4) is 0 Å². The first-order chi connectivity index (χ1) is 8.56. The van der Waals surface area contributed by atoms with Crippen molar-refractivity contribution >= 4 is 33.4 Å². The van der Waals surface area contributed by atoms with Crippen LogP contribution in [-0.2, 0) is 0 Å². The lowest BCUT2D eigenvalue weighted by atomic mass is 9.93. The van der Waals surface area contributed by atoms with E-state index in [0.717, 1.165) is 23.7 Å². The average Bonchev–Trinajstić information content (AvgIpc) is 2.32. The Morgan fingerprint density at radius 2 is 2.22 bits per heavy atom. The Labute approximate surface area is 120 Å². The van der Waals surface area contributed by atoms with Gasteiger partial charge in [0.25, 0.3) is 5.91 Å². The second-order valence-corrected chi connectivity index (χ2v) is 5.91. The molecule has 2 rings (SSSR count). The highest BCUT2D eigenvalue weighted by atomic mass is 79.9. The van der Waals surface area contributed by atoms with Crippen LogP contribution >= 0.6 is 27.5 Å². The molecule has 1 fully saturated rings. The Hall–Kier alpha value is -0.580. The Morgan fingerprint density at radius 1 is 1.44 bits per heavy atom. The molecular formula is C13H15BrClNO2. The molecule has 98 valence electrons. The highest BCUT2D eigenvalue weighted by Crippen LogP contribution is 2.23. The summed E-state index contributed by atoms with van der Waals surface area (Å²) in [6, 6.07) is 5.17. The van der Waals surface area contributed by atoms with Gasteiger partial charge in [0.2, 0.25) is 0 Å². The number of rotatable bonds is 2. The highest BCUT2D eigenvalue weighted by molar-refractivity contribution is 9.10. The summed E-state index contributed by atoms with van der Waals surface area (Å²) in [5.41, 5.74) is 0.530. The lowest BCUT2D eigenvalue weighted by Gasteiger charge is -2.26. The molecule has 0 aliphatic heterocycles. The molecule has 1 amide bonds. The number of aliphatic hydroxyl groups is 1. The quantitative estimate of drug-likeness (QED) is 0.874. The predicted octanol–water partition coefficient (Wildman–Crippen LogP) is 3.14. The third-order valence-corrected chi connectivity index (χ3v) is 4.08. The largest absolute Gasteiger partial charge is 0.393 e. The normalized spacial score (nSPS) is 23.7. The van der Waals surface area contributed by atoms with Crippen molar-refractivity contribution in [2.24, 2.45) is 0 Å². The van der Waals surface area contributed by atoms with Gasteiger partial charge in [-0.15, -0.1) is 0 Å². The van der Waals surface area contributed by atoms with Crippen molar-refractivity contribution in [3.05, 3.63) is 33.3 Å². The van der Waals surface area contributed by atoms with Crippen molar-refractivity contribution in [3.63, 3.8) is 0 Å². The van der Waals surface area contributed by atoms with Crippen LogP contribution in [0.1, 0.15) is 36.0 Å². The standard InChI is InChI=1S/C13H15BrClNO2/c14-12-5-4-8(15)6-11(12)13(18)16-9-2-1-3-10(17)7-9/h4-6,9-10,17H,1-3,7H2,(H,16,18). The van der Waals surface area contributed by atoms with E-state index in [9.17, 15) is 9.90 Å². The van der Waals surface area contributed by atoms with E-state index < -0.39 is 0 Å². The first-order valence-electron chi connectivity index (χ1n) is 6.00. The second-order valence-electron chi connectivity index (χ2n) is 4.61. The number of carbonyl (C=O) groups excluding carboxylic acids is 1. The molecule has 1 aromatic rings. The summed E-state index contributed by atoms with van der Waals surface area (Å²) in [6.45, 7) is 0. The first-order valence-corrected chi connectivity index (χ1v) is 7.17. The maximum atomic E-state index is 12.1. The Bertz CT molecular complexity index is 453. The maximum absolute atomic E-state index is 12.1. The third-order valence-electron chi connectivity index (χ3n) is 3.15. The third kappa shape index (κ3) is 3.46. The number of hydrogen-bond donors (Lipinski definition) is 2. The van der Waals surface area contributed by atoms with Gasteiger partial charge < -0.3 is 10.4 Å². The smallest absolute Gasteiger partial charge is 0.252 e. The zero-order valence-electron chi connectivity index (χ0n) is 9.83. The van der Waals surface area contributed by atoms with Gasteiger partial charge >= 0.3 is 0 Å². The van der Waals surface area contributed by atoms with Crippen molar-refractivity contribution in [1.82, 2.24) is 5.32 Å². The molecule has 1 saturated carbocycles. The maximum Gasteiger partial charge on any atom is 0.252 e. The number of aliphatic hydroxyl groups excluding tert-OH is 1. The molecule has 2 N–H and O–H groups in total. The van der Waals surface area contributed by atoms with Crippen LogP contribution in [0.15, 0.2) is 22.7 Å². The van der Waals surface area contributed by atoms with E-state index in [1.54, 1.807) is 18.2 Å². The molecule has 1 aromatic carbocycles. The first kappa shape index (κ1) is 13.8. The molecule has 0 bridgehead atoms. The van der Waals surface area contributed by atoms with E-state index in [4.69, 9.17) is 11.6 Å². The van der Waals surface area contributed by atoms with Crippen LogP contribution in [-0.4, -0.2) is 23.2 Å². The summed E-state index contributed by atoms with van der Waals surface area (Å²) in [5.74, 6) is -0.150. The Balaban J connectivity index is 2.05. The molecule has 1 aliphatic carbocycles. The fourth-order valence-corrected chi connectivity index (χ4v) is 2.83. The predicted molar refractivity (Wildman–Crippen MR) is 74.9 cm³/mol. The monoisotopic (exact) mass is 331 g/mol. The lowest BCUT2D eigenvalue weighted by molar-refractivity contribution is 0.0849. The molecule has 2 atom stereocenters. The molecular weight excluding hydrogens is 318 g/mol. The number of halogens is 2. The number of hydrogen-bond acceptors (Lipinski definition) is 2. The minimum Gasteiger partial charge on any atom is -0.393 e. The SMILES string of the molecule is O=C(NC1CCCC(O)C1)c1cc(Cl)ccc1Br. The van der Waals surface area contributed by atoms with Gasteiger partial charge in [-0.25, -0.2) is 0 Å². The van der Waals surface area contributed by atoms with Crippen LogP contribution in [0.3, 0.4) is 0 Å². The van der Waals surface area contributed by atoms with Gasteiger partial charge in [0, 0.05) is 15.5 Å². The van der Waals surface area contributed by atoms with Gasteiger partial charge in [-0.2, -0.15) is 0 Å². The van der Waals surface area contributed by atoms with Crippen molar-refractivity contribution in [2.75, 3.05) is 0 Å². The molecule has 2 unspecified atom stereocenters. The van der Waals surface area contributed by atoms with E-state index in [1.165, 1.54) is 0 Å². The van der Waals surface area contributed by atoms with E-state index in [2.05, 4.69) is 21.2 Å². The van der Waals surface area contributed by atoms with Crippen molar-refractivity contribution in [2.45, 2.75) is 37.8 Å². The molecule has 3 nitrogen and oxygen atoms in total. The van der Waals surface area contributed by atoms with Crippen LogP contribution in [0, 0.1) is 0 Å². The van der Waals surface area contributed by atoms with Gasteiger partial charge in [-0.3, -0.25) is 4.79 Å². The average molecular weight is 333 g/mol.